The lowest BCUT2D eigenvalue weighted by molar-refractivity contribution is -0.227. The molecule has 2 bridgehead atoms. The number of rotatable bonds is 1. The number of carbonyl (C=O) groups is 2. The van der Waals surface area contributed by atoms with Gasteiger partial charge in [0.15, 0.2) is 17.2 Å². The molecule has 2 heterocycles. The molecule has 5 aliphatic rings. The van der Waals surface area contributed by atoms with Gasteiger partial charge in [0.05, 0.1) is 19.6 Å². The van der Waals surface area contributed by atoms with E-state index in [1.165, 1.54) is 0 Å². The van der Waals surface area contributed by atoms with Crippen molar-refractivity contribution in [1.29, 1.82) is 0 Å². The van der Waals surface area contributed by atoms with Crippen LogP contribution in [0.3, 0.4) is 0 Å². The summed E-state index contributed by atoms with van der Waals surface area (Å²) >= 11 is 0. The van der Waals surface area contributed by atoms with E-state index in [-0.39, 0.29) is 17.2 Å². The summed E-state index contributed by atoms with van der Waals surface area (Å²) in [7, 11) is 0. The highest BCUT2D eigenvalue weighted by Crippen LogP contribution is 2.73. The van der Waals surface area contributed by atoms with Crippen molar-refractivity contribution in [1.82, 2.24) is 0 Å². The molecule has 0 N–H and O–H groups in total. The highest BCUT2D eigenvalue weighted by Gasteiger charge is 2.75. The molecule has 0 aromatic heterocycles. The summed E-state index contributed by atoms with van der Waals surface area (Å²) < 4.78 is 17.8. The van der Waals surface area contributed by atoms with Crippen molar-refractivity contribution < 1.29 is 23.8 Å². The molecule has 24 heavy (non-hydrogen) atoms. The fourth-order valence-electron chi connectivity index (χ4n) is 6.80. The molecule has 2 aliphatic heterocycles. The van der Waals surface area contributed by atoms with Gasteiger partial charge in [0.1, 0.15) is 0 Å². The number of fused-ring (bicyclic) bond motifs is 3. The quantitative estimate of drug-likeness (QED) is 0.545. The average molecular weight is 332 g/mol. The third-order valence-corrected chi connectivity index (χ3v) is 7.95. The Labute approximate surface area is 141 Å². The first kappa shape index (κ1) is 15.1. The Bertz CT molecular complexity index is 663. The smallest absolute Gasteiger partial charge is 0.307 e. The summed E-state index contributed by atoms with van der Waals surface area (Å²) in [5.74, 6) is -0.0448. The molecule has 4 fully saturated rings. The zero-order chi connectivity index (χ0) is 16.8. The standard InChI is InChI=1S/C19H24O5/c1-12(20)18-4-3-13-9-14-10-17(13,16(18,2)11-15(21)24-18)5-6-19(14)22-7-8-23-19/h3-4,13-14H,5-11H2,1-2H3/t13-,14?,16+,17+,18+/m0/s1. The van der Waals surface area contributed by atoms with Gasteiger partial charge >= 0.3 is 5.97 Å². The SMILES string of the molecule is CC(=O)[C@]12C=C[C@H]3CC4C[C@@]3(CCC43OCCO3)[C@@]1(C)CC(=O)O2. The zero-order valence-corrected chi connectivity index (χ0v) is 14.3. The molecular weight excluding hydrogens is 308 g/mol. The van der Waals surface area contributed by atoms with E-state index < -0.39 is 16.8 Å². The Hall–Kier alpha value is -1.20. The minimum atomic E-state index is -1.09. The van der Waals surface area contributed by atoms with E-state index in [9.17, 15) is 9.59 Å². The predicted octanol–water partition coefficient (Wildman–Crippen LogP) is 2.39. The second-order valence-corrected chi connectivity index (χ2v) is 8.54. The number of ketones is 1. The van der Waals surface area contributed by atoms with E-state index in [1.807, 2.05) is 6.08 Å². The Morgan fingerprint density at radius 3 is 2.71 bits per heavy atom. The van der Waals surface area contributed by atoms with E-state index in [0.717, 1.165) is 25.7 Å². The third kappa shape index (κ3) is 1.42. The summed E-state index contributed by atoms with van der Waals surface area (Å²) in [5, 5.41) is 0. The van der Waals surface area contributed by atoms with Crippen LogP contribution in [-0.4, -0.2) is 36.4 Å². The number of ether oxygens (including phenoxy) is 3. The molecule has 5 nitrogen and oxygen atoms in total. The second-order valence-electron chi connectivity index (χ2n) is 8.54. The number of carbonyl (C=O) groups excluding carboxylic acids is 2. The van der Waals surface area contributed by atoms with Crippen LogP contribution in [0.5, 0.6) is 0 Å². The molecule has 0 aromatic carbocycles. The van der Waals surface area contributed by atoms with Gasteiger partial charge in [-0.05, 0) is 43.6 Å². The van der Waals surface area contributed by atoms with Crippen LogP contribution in [0.1, 0.15) is 46.0 Å². The lowest BCUT2D eigenvalue weighted by Crippen LogP contribution is -2.61. The van der Waals surface area contributed by atoms with E-state index in [0.29, 0.717) is 31.5 Å². The van der Waals surface area contributed by atoms with Gasteiger partial charge in [0, 0.05) is 17.8 Å². The highest BCUT2D eigenvalue weighted by molar-refractivity contribution is 5.94. The number of allylic oxidation sites excluding steroid dienone is 1. The van der Waals surface area contributed by atoms with Crippen LogP contribution in [0.2, 0.25) is 0 Å². The van der Waals surface area contributed by atoms with Crippen molar-refractivity contribution in [3.63, 3.8) is 0 Å². The fraction of sp³-hybridized carbons (Fsp3) is 0.789. The topological polar surface area (TPSA) is 61.8 Å². The lowest BCUT2D eigenvalue weighted by Gasteiger charge is -2.57. The molecule has 2 spiro atoms. The first-order chi connectivity index (χ1) is 11.4. The van der Waals surface area contributed by atoms with Gasteiger partial charge in [0.25, 0.3) is 0 Å². The fourth-order valence-corrected chi connectivity index (χ4v) is 6.80. The van der Waals surface area contributed by atoms with Crippen LogP contribution in [0.15, 0.2) is 12.2 Å². The summed E-state index contributed by atoms with van der Waals surface area (Å²) in [6.45, 7) is 4.99. The van der Waals surface area contributed by atoms with E-state index in [4.69, 9.17) is 14.2 Å². The minimum absolute atomic E-state index is 0.0583. The maximum atomic E-state index is 12.6. The normalized spacial score (nSPS) is 50.7. The molecule has 0 radical (unpaired) electrons. The average Bonchev–Trinajstić information content (AvgIpc) is 3.17. The van der Waals surface area contributed by atoms with Crippen molar-refractivity contribution in [3.05, 3.63) is 12.2 Å². The number of hydrogen-bond acceptors (Lipinski definition) is 5. The highest BCUT2D eigenvalue weighted by atomic mass is 16.7. The first-order valence-electron chi connectivity index (χ1n) is 9.08. The van der Waals surface area contributed by atoms with E-state index >= 15 is 0 Å². The minimum Gasteiger partial charge on any atom is -0.446 e. The van der Waals surface area contributed by atoms with Crippen LogP contribution >= 0.6 is 0 Å². The van der Waals surface area contributed by atoms with Crippen molar-refractivity contribution in [2.24, 2.45) is 22.7 Å². The monoisotopic (exact) mass is 332 g/mol. The predicted molar refractivity (Wildman–Crippen MR) is 83.9 cm³/mol. The Morgan fingerprint density at radius 2 is 2.00 bits per heavy atom. The third-order valence-electron chi connectivity index (χ3n) is 7.95. The van der Waals surface area contributed by atoms with E-state index in [1.54, 1.807) is 6.92 Å². The van der Waals surface area contributed by atoms with Crippen LogP contribution in [-0.2, 0) is 23.8 Å². The second kappa shape index (κ2) is 4.31. The van der Waals surface area contributed by atoms with Crippen LogP contribution < -0.4 is 0 Å². The molecule has 5 heteroatoms. The van der Waals surface area contributed by atoms with Gasteiger partial charge in [-0.15, -0.1) is 0 Å². The molecule has 130 valence electrons. The Kier molecular flexibility index (Phi) is 2.71. The van der Waals surface area contributed by atoms with Gasteiger partial charge in [-0.1, -0.05) is 13.0 Å². The molecule has 5 atom stereocenters. The van der Waals surface area contributed by atoms with Gasteiger partial charge in [-0.3, -0.25) is 9.59 Å². The first-order valence-corrected chi connectivity index (χ1v) is 9.08. The van der Waals surface area contributed by atoms with E-state index in [2.05, 4.69) is 13.0 Å². The van der Waals surface area contributed by atoms with Crippen molar-refractivity contribution in [2.45, 2.75) is 57.3 Å². The summed E-state index contributed by atoms with van der Waals surface area (Å²) in [4.78, 5) is 24.8. The molecular formula is C19H24O5. The molecule has 3 aliphatic carbocycles. The van der Waals surface area contributed by atoms with Crippen molar-refractivity contribution in [2.75, 3.05) is 13.2 Å². The Morgan fingerprint density at radius 1 is 1.25 bits per heavy atom. The van der Waals surface area contributed by atoms with Gasteiger partial charge in [-0.25, -0.2) is 0 Å². The largest absolute Gasteiger partial charge is 0.446 e. The number of esters is 1. The number of Topliss-reactive ketones (excluding diaryl/α,β-unsaturated/α-hetero) is 1. The molecule has 5 rings (SSSR count). The maximum Gasteiger partial charge on any atom is 0.307 e. The summed E-state index contributed by atoms with van der Waals surface area (Å²) in [5.41, 5.74) is -1.64. The lowest BCUT2D eigenvalue weighted by atomic mass is 9.46. The van der Waals surface area contributed by atoms with Crippen molar-refractivity contribution in [3.8, 4) is 0 Å². The van der Waals surface area contributed by atoms with Gasteiger partial charge < -0.3 is 14.2 Å². The van der Waals surface area contributed by atoms with Crippen molar-refractivity contribution >= 4 is 11.8 Å². The zero-order valence-electron chi connectivity index (χ0n) is 14.3. The maximum absolute atomic E-state index is 12.6. The molecule has 0 aromatic rings. The Balaban J connectivity index is 1.63. The van der Waals surface area contributed by atoms with Crippen LogP contribution in [0, 0.1) is 22.7 Å². The van der Waals surface area contributed by atoms with Gasteiger partial charge in [0.2, 0.25) is 0 Å². The molecule has 1 unspecified atom stereocenters. The van der Waals surface area contributed by atoms with Crippen LogP contribution in [0.25, 0.3) is 0 Å². The number of hydrogen-bond donors (Lipinski definition) is 0. The van der Waals surface area contributed by atoms with Gasteiger partial charge in [-0.2, -0.15) is 0 Å². The summed E-state index contributed by atoms with van der Waals surface area (Å²) in [6.07, 6.45) is 8.09. The van der Waals surface area contributed by atoms with Crippen LogP contribution in [0.4, 0.5) is 0 Å². The molecule has 0 amide bonds. The summed E-state index contributed by atoms with van der Waals surface area (Å²) in [6, 6.07) is 0. The molecule has 2 saturated carbocycles. The molecule has 2 saturated heterocycles.